The fourth-order valence-electron chi connectivity index (χ4n) is 2.10. The number of aliphatic hydroxyl groups excluding tert-OH is 1. The van der Waals surface area contributed by atoms with Crippen LogP contribution in [0.25, 0.3) is 0 Å². The number of unbranched alkanes of at least 4 members (excludes halogenated alkanes) is 1. The first-order valence-electron chi connectivity index (χ1n) is 6.40. The molecule has 0 saturated heterocycles. The van der Waals surface area contributed by atoms with E-state index in [0.717, 1.165) is 12.0 Å². The minimum atomic E-state index is -1.58. The highest BCUT2D eigenvalue weighted by Gasteiger charge is 2.27. The summed E-state index contributed by atoms with van der Waals surface area (Å²) in [4.78, 5) is 0. The second-order valence-electron chi connectivity index (χ2n) is 5.12. The van der Waals surface area contributed by atoms with E-state index in [-0.39, 0.29) is 6.61 Å². The third-order valence-corrected chi connectivity index (χ3v) is 7.60. The maximum atomic E-state index is 9.44. The lowest BCUT2D eigenvalue weighted by molar-refractivity contribution is 0.283. The number of aliphatic hydroxyl groups is 1. The van der Waals surface area contributed by atoms with Crippen molar-refractivity contribution in [3.63, 3.8) is 0 Å². The van der Waals surface area contributed by atoms with Gasteiger partial charge in [0.2, 0.25) is 0 Å². The molecule has 0 radical (unpaired) electrons. The Morgan fingerprint density at radius 3 is 2.53 bits per heavy atom. The average molecular weight is 248 g/mol. The Kier molecular flexibility index (Phi) is 5.16. The molecule has 0 saturated carbocycles. The molecule has 1 aromatic rings. The van der Waals surface area contributed by atoms with Crippen LogP contribution < -0.4 is 5.19 Å². The zero-order valence-electron chi connectivity index (χ0n) is 11.5. The largest absolute Gasteiger partial charge is 0.392 e. The molecule has 94 valence electrons. The van der Waals surface area contributed by atoms with E-state index < -0.39 is 8.07 Å². The fraction of sp³-hybridized carbons (Fsp3) is 0.467. The monoisotopic (exact) mass is 248 g/mol. The highest BCUT2D eigenvalue weighted by molar-refractivity contribution is 6.95. The van der Waals surface area contributed by atoms with Crippen LogP contribution in [0.15, 0.2) is 35.5 Å². The van der Waals surface area contributed by atoms with E-state index in [0.29, 0.717) is 0 Å². The Bertz CT molecular complexity index is 394. The number of hydrogen-bond acceptors (Lipinski definition) is 1. The van der Waals surface area contributed by atoms with Crippen LogP contribution in [-0.2, 0) is 6.61 Å². The molecule has 0 heterocycles. The molecule has 0 aliphatic rings. The molecule has 0 aromatic heterocycles. The molecular weight excluding hydrogens is 224 g/mol. The lowest BCUT2D eigenvalue weighted by Crippen LogP contribution is -2.45. The van der Waals surface area contributed by atoms with Crippen molar-refractivity contribution in [2.75, 3.05) is 0 Å². The highest BCUT2D eigenvalue weighted by Crippen LogP contribution is 2.17. The zero-order chi connectivity index (χ0) is 12.9. The topological polar surface area (TPSA) is 20.2 Å². The van der Waals surface area contributed by atoms with Gasteiger partial charge in [-0.2, -0.15) is 0 Å². The van der Waals surface area contributed by atoms with Gasteiger partial charge >= 0.3 is 0 Å². The molecule has 0 unspecified atom stereocenters. The smallest absolute Gasteiger partial charge is 0.107 e. The van der Waals surface area contributed by atoms with Crippen molar-refractivity contribution in [1.29, 1.82) is 0 Å². The first-order chi connectivity index (χ1) is 8.04. The number of benzene rings is 1. The van der Waals surface area contributed by atoms with Gasteiger partial charge < -0.3 is 5.11 Å². The molecule has 1 nitrogen and oxygen atoms in total. The Labute approximate surface area is 106 Å². The molecule has 1 aromatic carbocycles. The van der Waals surface area contributed by atoms with Gasteiger partial charge in [-0.15, -0.1) is 0 Å². The van der Waals surface area contributed by atoms with Crippen LogP contribution >= 0.6 is 0 Å². The van der Waals surface area contributed by atoms with E-state index in [4.69, 9.17) is 0 Å². The lowest BCUT2D eigenvalue weighted by Gasteiger charge is -2.26. The fourth-order valence-corrected chi connectivity index (χ4v) is 4.65. The lowest BCUT2D eigenvalue weighted by atomic mass is 10.2. The molecule has 0 fully saturated rings. The standard InChI is InChI=1S/C15H24OSi/c1-5-6-9-13(2)17(3,4)15-11-8-7-10-14(15)12-16/h7-11,16H,5-6,12H2,1-4H3/b13-9+. The predicted octanol–water partition coefficient (Wildman–Crippen LogP) is 3.38. The SMILES string of the molecule is CCC/C=C(\C)[Si](C)(C)c1ccccc1CO. The van der Waals surface area contributed by atoms with Gasteiger partial charge in [0, 0.05) is 0 Å². The van der Waals surface area contributed by atoms with E-state index in [2.05, 4.69) is 45.2 Å². The van der Waals surface area contributed by atoms with Gasteiger partial charge in [-0.3, -0.25) is 0 Å². The van der Waals surface area contributed by atoms with Crippen LogP contribution in [0.3, 0.4) is 0 Å². The third-order valence-electron chi connectivity index (χ3n) is 3.59. The summed E-state index contributed by atoms with van der Waals surface area (Å²) in [6.45, 7) is 9.33. The molecule has 17 heavy (non-hydrogen) atoms. The van der Waals surface area contributed by atoms with Crippen LogP contribution in [0.4, 0.5) is 0 Å². The minimum Gasteiger partial charge on any atom is -0.392 e. The normalized spacial score (nSPS) is 12.9. The van der Waals surface area contributed by atoms with Gasteiger partial charge in [-0.05, 0) is 24.1 Å². The molecule has 2 heteroatoms. The molecule has 0 aliphatic heterocycles. The summed E-state index contributed by atoms with van der Waals surface area (Å²) in [5, 5.41) is 12.3. The van der Waals surface area contributed by atoms with Crippen LogP contribution in [0, 0.1) is 0 Å². The maximum absolute atomic E-state index is 9.44. The molecule has 0 amide bonds. The van der Waals surface area contributed by atoms with E-state index in [9.17, 15) is 5.11 Å². The van der Waals surface area contributed by atoms with Gasteiger partial charge in [-0.25, -0.2) is 0 Å². The van der Waals surface area contributed by atoms with Crippen molar-refractivity contribution < 1.29 is 5.11 Å². The Hall–Kier alpha value is -0.863. The average Bonchev–Trinajstić information content (AvgIpc) is 2.35. The summed E-state index contributed by atoms with van der Waals surface area (Å²) in [6, 6.07) is 8.30. The summed E-state index contributed by atoms with van der Waals surface area (Å²) >= 11 is 0. The first-order valence-corrected chi connectivity index (χ1v) is 9.40. The van der Waals surface area contributed by atoms with Crippen LogP contribution in [0.5, 0.6) is 0 Å². The molecule has 0 bridgehead atoms. The van der Waals surface area contributed by atoms with Gasteiger partial charge in [0.1, 0.15) is 8.07 Å². The van der Waals surface area contributed by atoms with E-state index in [1.54, 1.807) is 0 Å². The van der Waals surface area contributed by atoms with E-state index in [1.807, 2.05) is 12.1 Å². The minimum absolute atomic E-state index is 0.146. The van der Waals surface area contributed by atoms with E-state index in [1.165, 1.54) is 16.8 Å². The van der Waals surface area contributed by atoms with Crippen molar-refractivity contribution in [1.82, 2.24) is 0 Å². The molecule has 0 atom stereocenters. The van der Waals surface area contributed by atoms with Gasteiger partial charge in [0.15, 0.2) is 0 Å². The highest BCUT2D eigenvalue weighted by atomic mass is 28.3. The van der Waals surface area contributed by atoms with E-state index >= 15 is 0 Å². The Morgan fingerprint density at radius 1 is 1.29 bits per heavy atom. The predicted molar refractivity (Wildman–Crippen MR) is 78.1 cm³/mol. The Morgan fingerprint density at radius 2 is 1.94 bits per heavy atom. The van der Waals surface area contributed by atoms with Gasteiger partial charge in [0.25, 0.3) is 0 Å². The number of hydrogen-bond donors (Lipinski definition) is 1. The summed E-state index contributed by atoms with van der Waals surface area (Å²) in [5.74, 6) is 0. The van der Waals surface area contributed by atoms with Crippen molar-refractivity contribution in [2.45, 2.75) is 46.4 Å². The summed E-state index contributed by atoms with van der Waals surface area (Å²) in [6.07, 6.45) is 4.73. The Balaban J connectivity index is 3.11. The third kappa shape index (κ3) is 3.30. The summed E-state index contributed by atoms with van der Waals surface area (Å²) in [7, 11) is -1.58. The molecule has 1 N–H and O–H groups in total. The van der Waals surface area contributed by atoms with Crippen molar-refractivity contribution in [3.05, 3.63) is 41.1 Å². The number of allylic oxidation sites excluding steroid dienone is 2. The second-order valence-corrected chi connectivity index (χ2v) is 9.69. The van der Waals surface area contributed by atoms with Crippen LogP contribution in [0.1, 0.15) is 32.3 Å². The van der Waals surface area contributed by atoms with Crippen LogP contribution in [-0.4, -0.2) is 13.2 Å². The first kappa shape index (κ1) is 14.2. The summed E-state index contributed by atoms with van der Waals surface area (Å²) in [5.41, 5.74) is 1.09. The number of rotatable bonds is 5. The molecule has 0 aliphatic carbocycles. The molecule has 1 rings (SSSR count). The van der Waals surface area contributed by atoms with Gasteiger partial charge in [-0.1, -0.05) is 62.0 Å². The van der Waals surface area contributed by atoms with Crippen molar-refractivity contribution >= 4 is 13.3 Å². The van der Waals surface area contributed by atoms with Crippen molar-refractivity contribution in [3.8, 4) is 0 Å². The second kappa shape index (κ2) is 6.17. The molecule has 0 spiro atoms. The van der Waals surface area contributed by atoms with Crippen LogP contribution in [0.2, 0.25) is 13.1 Å². The molecular formula is C15H24OSi. The van der Waals surface area contributed by atoms with Crippen molar-refractivity contribution in [2.24, 2.45) is 0 Å². The van der Waals surface area contributed by atoms with Gasteiger partial charge in [0.05, 0.1) is 6.61 Å². The zero-order valence-corrected chi connectivity index (χ0v) is 12.5. The summed E-state index contributed by atoms with van der Waals surface area (Å²) < 4.78 is 0. The maximum Gasteiger partial charge on any atom is 0.107 e. The quantitative estimate of drug-likeness (QED) is 0.792.